The van der Waals surface area contributed by atoms with Crippen molar-refractivity contribution in [3.63, 3.8) is 0 Å². The molecule has 0 saturated carbocycles. The van der Waals surface area contributed by atoms with E-state index in [1.807, 2.05) is 0 Å². The standard InChI is InChI=1S/C4H7O2.C4H7O.2CH4.Y/c1-5-2-4-3-6-4;1-2-4-3-5-4;;;/h4H,1-3H2;4H,1-3H2;2*1H4;/q2*-1;;;. The van der Waals surface area contributed by atoms with Crippen LogP contribution in [0.25, 0.3) is 0 Å². The SMILES string of the molecule is C.C.[CH2-]CC1CO1.[CH2-]OCC1CO1.[Y]. The Morgan fingerprint density at radius 3 is 1.64 bits per heavy atom. The fourth-order valence-corrected chi connectivity index (χ4v) is 0.530. The molecule has 3 nitrogen and oxygen atoms in total. The van der Waals surface area contributed by atoms with Gasteiger partial charge in [-0.3, -0.25) is 0 Å². The van der Waals surface area contributed by atoms with Crippen LogP contribution in [0.5, 0.6) is 0 Å². The minimum atomic E-state index is 0. The van der Waals surface area contributed by atoms with Crippen LogP contribution in [0, 0.1) is 14.0 Å². The van der Waals surface area contributed by atoms with Gasteiger partial charge in [-0.15, -0.1) is 0 Å². The molecular weight excluding hydrogens is 257 g/mol. The number of ether oxygens (including phenoxy) is 3. The number of hydrogen-bond acceptors (Lipinski definition) is 3. The van der Waals surface area contributed by atoms with E-state index in [1.54, 1.807) is 0 Å². The van der Waals surface area contributed by atoms with Crippen LogP contribution >= 0.6 is 0 Å². The van der Waals surface area contributed by atoms with E-state index in [1.165, 1.54) is 0 Å². The Bertz CT molecular complexity index is 104. The van der Waals surface area contributed by atoms with Crippen LogP contribution in [0.3, 0.4) is 0 Å². The van der Waals surface area contributed by atoms with E-state index >= 15 is 0 Å². The first-order valence-electron chi connectivity index (χ1n) is 3.76. The molecule has 2 saturated heterocycles. The Morgan fingerprint density at radius 2 is 1.57 bits per heavy atom. The van der Waals surface area contributed by atoms with Crippen LogP contribution in [0.1, 0.15) is 21.3 Å². The molecule has 0 N–H and O–H groups in total. The Hall–Kier alpha value is 0.984. The van der Waals surface area contributed by atoms with Crippen LogP contribution in [0.2, 0.25) is 0 Å². The van der Waals surface area contributed by atoms with E-state index < -0.39 is 0 Å². The predicted octanol–water partition coefficient (Wildman–Crippen LogP) is 2.07. The number of rotatable bonds is 3. The molecule has 1 radical (unpaired) electrons. The molecular formula is C10H22O3Y-2. The Morgan fingerprint density at radius 1 is 1.14 bits per heavy atom. The first kappa shape index (κ1) is 20.4. The molecule has 2 aliphatic heterocycles. The molecule has 85 valence electrons. The van der Waals surface area contributed by atoms with Crippen molar-refractivity contribution < 1.29 is 46.9 Å². The summed E-state index contributed by atoms with van der Waals surface area (Å²) in [4.78, 5) is 0. The maximum Gasteiger partial charge on any atom is 0.101 e. The fraction of sp³-hybridized carbons (Fsp3) is 0.800. The second-order valence-corrected chi connectivity index (χ2v) is 2.57. The van der Waals surface area contributed by atoms with Gasteiger partial charge < -0.3 is 21.1 Å². The van der Waals surface area contributed by atoms with Crippen molar-refractivity contribution in [1.82, 2.24) is 0 Å². The predicted molar refractivity (Wildman–Crippen MR) is 54.2 cm³/mol. The molecule has 2 unspecified atom stereocenters. The molecule has 2 fully saturated rings. The molecule has 2 aliphatic rings. The summed E-state index contributed by atoms with van der Waals surface area (Å²) in [5.41, 5.74) is 0. The van der Waals surface area contributed by atoms with Crippen molar-refractivity contribution in [1.29, 1.82) is 0 Å². The fourth-order valence-electron chi connectivity index (χ4n) is 0.530. The zero-order valence-corrected chi connectivity index (χ0v) is 10.0. The maximum absolute atomic E-state index is 4.80. The zero-order chi connectivity index (χ0) is 8.10. The van der Waals surface area contributed by atoms with E-state index in [4.69, 9.17) is 9.47 Å². The molecule has 0 spiro atoms. The molecule has 0 amide bonds. The zero-order valence-electron chi connectivity index (χ0n) is 7.20. The monoisotopic (exact) mass is 279 g/mol. The molecule has 0 bridgehead atoms. The third-order valence-electron chi connectivity index (χ3n) is 1.43. The normalized spacial score (nSPS) is 25.3. The van der Waals surface area contributed by atoms with Crippen LogP contribution in [0.4, 0.5) is 0 Å². The van der Waals surface area contributed by atoms with E-state index in [0.717, 1.165) is 19.6 Å². The van der Waals surface area contributed by atoms with Gasteiger partial charge in [-0.25, -0.2) is 7.11 Å². The smallest absolute Gasteiger partial charge is 0.101 e. The van der Waals surface area contributed by atoms with Gasteiger partial charge in [0.05, 0.1) is 19.3 Å². The third kappa shape index (κ3) is 13.0. The van der Waals surface area contributed by atoms with Gasteiger partial charge in [-0.1, -0.05) is 14.9 Å². The van der Waals surface area contributed by atoms with Crippen molar-refractivity contribution in [2.75, 3.05) is 19.8 Å². The van der Waals surface area contributed by atoms with E-state index in [-0.39, 0.29) is 47.6 Å². The van der Waals surface area contributed by atoms with Gasteiger partial charge in [0.25, 0.3) is 0 Å². The average molecular weight is 279 g/mol. The minimum Gasteiger partial charge on any atom is -0.553 e. The first-order chi connectivity index (χ1) is 5.36. The van der Waals surface area contributed by atoms with Gasteiger partial charge >= 0.3 is 0 Å². The van der Waals surface area contributed by atoms with Crippen molar-refractivity contribution >= 4 is 0 Å². The summed E-state index contributed by atoms with van der Waals surface area (Å²) in [6, 6.07) is 0. The summed E-state index contributed by atoms with van der Waals surface area (Å²) in [6.45, 7) is 6.08. The van der Waals surface area contributed by atoms with Gasteiger partial charge in [-0.2, -0.15) is 6.42 Å². The quantitative estimate of drug-likeness (QED) is 0.586. The van der Waals surface area contributed by atoms with Crippen LogP contribution in [0.15, 0.2) is 0 Å². The second kappa shape index (κ2) is 12.1. The molecule has 0 aromatic rings. The minimum absolute atomic E-state index is 0. The molecule has 0 aliphatic carbocycles. The third-order valence-corrected chi connectivity index (χ3v) is 1.43. The first-order valence-corrected chi connectivity index (χ1v) is 3.76. The van der Waals surface area contributed by atoms with Crippen molar-refractivity contribution in [2.45, 2.75) is 33.5 Å². The Labute approximate surface area is 114 Å². The maximum atomic E-state index is 4.80. The van der Waals surface area contributed by atoms with Crippen molar-refractivity contribution in [3.05, 3.63) is 14.0 Å². The van der Waals surface area contributed by atoms with Gasteiger partial charge in [0, 0.05) is 39.3 Å². The Balaban J connectivity index is -0.000000144. The summed E-state index contributed by atoms with van der Waals surface area (Å²) >= 11 is 0. The largest absolute Gasteiger partial charge is 0.553 e. The molecule has 2 rings (SSSR count). The molecule has 2 heterocycles. The molecule has 0 aromatic carbocycles. The van der Waals surface area contributed by atoms with Gasteiger partial charge in [-0.05, 0) is 0 Å². The topological polar surface area (TPSA) is 34.3 Å². The summed E-state index contributed by atoms with van der Waals surface area (Å²) < 4.78 is 14.1. The molecule has 4 heteroatoms. The molecule has 0 aromatic heterocycles. The number of hydrogen-bond donors (Lipinski definition) is 0. The molecule has 14 heavy (non-hydrogen) atoms. The molecule has 2 atom stereocenters. The van der Waals surface area contributed by atoms with Gasteiger partial charge in [0.2, 0.25) is 0 Å². The van der Waals surface area contributed by atoms with E-state index in [9.17, 15) is 0 Å². The van der Waals surface area contributed by atoms with E-state index in [2.05, 4.69) is 18.8 Å². The van der Waals surface area contributed by atoms with Crippen LogP contribution in [-0.2, 0) is 46.9 Å². The number of epoxide rings is 2. The second-order valence-electron chi connectivity index (χ2n) is 2.57. The average Bonchev–Trinajstić information content (AvgIpc) is 2.87. The summed E-state index contributed by atoms with van der Waals surface area (Å²) in [5, 5.41) is 0. The van der Waals surface area contributed by atoms with Crippen molar-refractivity contribution in [3.8, 4) is 0 Å². The summed E-state index contributed by atoms with van der Waals surface area (Å²) in [6.07, 6.45) is 1.83. The van der Waals surface area contributed by atoms with Crippen LogP contribution in [-0.4, -0.2) is 32.0 Å². The summed E-state index contributed by atoms with van der Waals surface area (Å²) in [5.74, 6) is 0. The van der Waals surface area contributed by atoms with Crippen LogP contribution < -0.4 is 0 Å². The Kier molecular flexibility index (Phi) is 17.6. The van der Waals surface area contributed by atoms with Gasteiger partial charge in [0.1, 0.15) is 6.10 Å². The van der Waals surface area contributed by atoms with E-state index in [0.29, 0.717) is 18.8 Å². The summed E-state index contributed by atoms with van der Waals surface area (Å²) in [7, 11) is 3.19. The van der Waals surface area contributed by atoms with Gasteiger partial charge in [0.15, 0.2) is 0 Å². The van der Waals surface area contributed by atoms with Crippen molar-refractivity contribution in [2.24, 2.45) is 0 Å².